The Morgan fingerprint density at radius 3 is 2.60 bits per heavy atom. The van der Waals surface area contributed by atoms with Gasteiger partial charge in [0.1, 0.15) is 11.6 Å². The number of hydrogen-bond acceptors (Lipinski definition) is 4. The molecule has 0 amide bonds. The van der Waals surface area contributed by atoms with Gasteiger partial charge in [0.25, 0.3) is 0 Å². The largest absolute Gasteiger partial charge is 0.369 e. The number of nitrogens with zero attached hydrogens (tertiary/aromatic N) is 3. The van der Waals surface area contributed by atoms with E-state index in [2.05, 4.69) is 20.7 Å². The lowest BCUT2D eigenvalue weighted by atomic mass is 10.4. The van der Waals surface area contributed by atoms with Crippen molar-refractivity contribution in [3.63, 3.8) is 0 Å². The summed E-state index contributed by atoms with van der Waals surface area (Å²) in [7, 11) is 0. The lowest BCUT2D eigenvalue weighted by Crippen LogP contribution is -2.09. The van der Waals surface area contributed by atoms with Gasteiger partial charge in [-0.1, -0.05) is 23.2 Å². The van der Waals surface area contributed by atoms with Crippen LogP contribution >= 0.6 is 23.2 Å². The predicted octanol–water partition coefficient (Wildman–Crippen LogP) is 3.52. The first-order chi connectivity index (χ1) is 9.70. The molecule has 2 rings (SSSR count). The van der Waals surface area contributed by atoms with E-state index < -0.39 is 0 Å². The van der Waals surface area contributed by atoms with Crippen LogP contribution < -0.4 is 10.6 Å². The van der Waals surface area contributed by atoms with E-state index in [1.165, 1.54) is 0 Å². The molecule has 2 aromatic rings. The summed E-state index contributed by atoms with van der Waals surface area (Å²) in [6, 6.07) is 3.61. The highest BCUT2D eigenvalue weighted by Gasteiger charge is 2.08. The molecule has 0 fully saturated rings. The van der Waals surface area contributed by atoms with Crippen LogP contribution in [0.3, 0.4) is 0 Å². The quantitative estimate of drug-likeness (QED) is 0.768. The molecule has 5 nitrogen and oxygen atoms in total. The Labute approximate surface area is 128 Å². The van der Waals surface area contributed by atoms with Crippen LogP contribution in [0.2, 0.25) is 10.0 Å². The zero-order valence-electron chi connectivity index (χ0n) is 11.2. The Morgan fingerprint density at radius 1 is 1.20 bits per heavy atom. The average molecular weight is 314 g/mol. The van der Waals surface area contributed by atoms with Crippen LogP contribution in [0.25, 0.3) is 0 Å². The third-order valence-corrected chi connectivity index (χ3v) is 3.27. The standard InChI is InChI=1S/C13H17Cl2N5/c1-2-16-12-10(14)9-11(15)13(19-12)17-5-3-7-20-8-4-6-18-20/h4,6,8-9H,2-3,5,7H2,1H3,(H2,16,17,19). The molecule has 0 radical (unpaired) electrons. The van der Waals surface area contributed by atoms with Crippen molar-refractivity contribution in [1.82, 2.24) is 14.8 Å². The molecular formula is C13H17Cl2N5. The van der Waals surface area contributed by atoms with Gasteiger partial charge in [-0.2, -0.15) is 5.10 Å². The molecule has 0 aliphatic carbocycles. The average Bonchev–Trinajstić information content (AvgIpc) is 2.92. The Kier molecular flexibility index (Phi) is 5.49. The molecule has 2 aromatic heterocycles. The maximum Gasteiger partial charge on any atom is 0.147 e. The molecule has 7 heteroatoms. The van der Waals surface area contributed by atoms with Gasteiger partial charge in [-0.15, -0.1) is 0 Å². The fraction of sp³-hybridized carbons (Fsp3) is 0.385. The Morgan fingerprint density at radius 2 is 1.95 bits per heavy atom. The zero-order valence-corrected chi connectivity index (χ0v) is 12.7. The number of nitrogens with one attached hydrogen (secondary N) is 2. The molecule has 108 valence electrons. The van der Waals surface area contributed by atoms with Gasteiger partial charge in [0.05, 0.1) is 10.0 Å². The van der Waals surface area contributed by atoms with Gasteiger partial charge in [-0.3, -0.25) is 4.68 Å². The second-order valence-corrected chi connectivity index (χ2v) is 5.04. The van der Waals surface area contributed by atoms with Crippen molar-refractivity contribution in [3.05, 3.63) is 34.6 Å². The topological polar surface area (TPSA) is 54.8 Å². The highest BCUT2D eigenvalue weighted by molar-refractivity contribution is 6.37. The number of aromatic nitrogens is 3. The summed E-state index contributed by atoms with van der Waals surface area (Å²) in [5, 5.41) is 11.5. The summed E-state index contributed by atoms with van der Waals surface area (Å²) in [4.78, 5) is 4.39. The molecular weight excluding hydrogens is 297 g/mol. The first-order valence-corrected chi connectivity index (χ1v) is 7.27. The summed E-state index contributed by atoms with van der Waals surface area (Å²) in [6.07, 6.45) is 4.64. The van der Waals surface area contributed by atoms with Crippen molar-refractivity contribution in [2.75, 3.05) is 23.7 Å². The summed E-state index contributed by atoms with van der Waals surface area (Å²) < 4.78 is 1.89. The number of pyridine rings is 1. The normalized spacial score (nSPS) is 10.6. The molecule has 0 aliphatic heterocycles. The monoisotopic (exact) mass is 313 g/mol. The van der Waals surface area contributed by atoms with Gasteiger partial charge in [0.15, 0.2) is 0 Å². The third-order valence-electron chi connectivity index (χ3n) is 2.69. The van der Waals surface area contributed by atoms with E-state index >= 15 is 0 Å². The highest BCUT2D eigenvalue weighted by atomic mass is 35.5. The Balaban J connectivity index is 1.89. The summed E-state index contributed by atoms with van der Waals surface area (Å²) in [6.45, 7) is 4.36. The van der Waals surface area contributed by atoms with Crippen LogP contribution in [0.1, 0.15) is 13.3 Å². The number of aryl methyl sites for hydroxylation is 1. The van der Waals surface area contributed by atoms with E-state index in [0.29, 0.717) is 21.7 Å². The van der Waals surface area contributed by atoms with E-state index in [1.807, 2.05) is 23.9 Å². The molecule has 0 unspecified atom stereocenters. The van der Waals surface area contributed by atoms with Crippen molar-refractivity contribution in [3.8, 4) is 0 Å². The van der Waals surface area contributed by atoms with Crippen molar-refractivity contribution in [2.45, 2.75) is 19.9 Å². The van der Waals surface area contributed by atoms with Crippen molar-refractivity contribution in [1.29, 1.82) is 0 Å². The van der Waals surface area contributed by atoms with E-state index in [9.17, 15) is 0 Å². The number of anilines is 2. The maximum absolute atomic E-state index is 6.13. The van der Waals surface area contributed by atoms with Gasteiger partial charge in [-0.05, 0) is 25.5 Å². The van der Waals surface area contributed by atoms with Gasteiger partial charge in [0.2, 0.25) is 0 Å². The fourth-order valence-corrected chi connectivity index (χ4v) is 2.25. The fourth-order valence-electron chi connectivity index (χ4n) is 1.76. The number of rotatable bonds is 7. The molecule has 0 aliphatic rings. The van der Waals surface area contributed by atoms with E-state index in [4.69, 9.17) is 23.2 Å². The zero-order chi connectivity index (χ0) is 14.4. The van der Waals surface area contributed by atoms with Crippen LogP contribution in [-0.2, 0) is 6.54 Å². The van der Waals surface area contributed by atoms with Gasteiger partial charge >= 0.3 is 0 Å². The predicted molar refractivity (Wildman–Crippen MR) is 83.8 cm³/mol. The summed E-state index contributed by atoms with van der Waals surface area (Å²) in [5.41, 5.74) is 0. The van der Waals surface area contributed by atoms with E-state index in [0.717, 1.165) is 26.1 Å². The Hall–Kier alpha value is -1.46. The lowest BCUT2D eigenvalue weighted by Gasteiger charge is -2.11. The SMILES string of the molecule is CCNc1nc(NCCCn2cccn2)c(Cl)cc1Cl. The lowest BCUT2D eigenvalue weighted by molar-refractivity contribution is 0.591. The highest BCUT2D eigenvalue weighted by Crippen LogP contribution is 2.28. The summed E-state index contributed by atoms with van der Waals surface area (Å²) >= 11 is 12.2. The van der Waals surface area contributed by atoms with E-state index in [1.54, 1.807) is 12.3 Å². The molecule has 0 saturated heterocycles. The van der Waals surface area contributed by atoms with Gasteiger partial charge in [0, 0.05) is 32.0 Å². The van der Waals surface area contributed by atoms with Crippen LogP contribution in [0.15, 0.2) is 24.5 Å². The number of halogens is 2. The second-order valence-electron chi connectivity index (χ2n) is 4.23. The first-order valence-electron chi connectivity index (χ1n) is 6.52. The molecule has 2 N–H and O–H groups in total. The van der Waals surface area contributed by atoms with Crippen LogP contribution in [0, 0.1) is 0 Å². The number of hydrogen-bond donors (Lipinski definition) is 2. The minimum atomic E-state index is 0.524. The first kappa shape index (κ1) is 14.9. The molecule has 0 spiro atoms. The molecule has 0 atom stereocenters. The summed E-state index contributed by atoms with van der Waals surface area (Å²) in [5.74, 6) is 1.29. The van der Waals surface area contributed by atoms with E-state index in [-0.39, 0.29) is 0 Å². The van der Waals surface area contributed by atoms with Crippen LogP contribution in [0.4, 0.5) is 11.6 Å². The molecule has 2 heterocycles. The molecule has 0 bridgehead atoms. The minimum absolute atomic E-state index is 0.524. The molecule has 0 aromatic carbocycles. The van der Waals surface area contributed by atoms with Crippen molar-refractivity contribution >= 4 is 34.8 Å². The van der Waals surface area contributed by atoms with Crippen LogP contribution in [0.5, 0.6) is 0 Å². The minimum Gasteiger partial charge on any atom is -0.369 e. The van der Waals surface area contributed by atoms with Gasteiger partial charge < -0.3 is 10.6 Å². The molecule has 0 saturated carbocycles. The second kappa shape index (κ2) is 7.36. The van der Waals surface area contributed by atoms with Crippen molar-refractivity contribution < 1.29 is 0 Å². The molecule has 20 heavy (non-hydrogen) atoms. The van der Waals surface area contributed by atoms with Crippen molar-refractivity contribution in [2.24, 2.45) is 0 Å². The van der Waals surface area contributed by atoms with Crippen LogP contribution in [-0.4, -0.2) is 27.9 Å². The van der Waals surface area contributed by atoms with Gasteiger partial charge in [-0.25, -0.2) is 4.98 Å². The Bertz CT molecular complexity index is 542. The third kappa shape index (κ3) is 4.02. The maximum atomic E-state index is 6.13. The smallest absolute Gasteiger partial charge is 0.147 e.